The number of phenols is 1. The van der Waals surface area contributed by atoms with Crippen LogP contribution >= 0.6 is 0 Å². The van der Waals surface area contributed by atoms with Crippen LogP contribution < -0.4 is 15.2 Å². The fourth-order valence-electron chi connectivity index (χ4n) is 2.65. The Labute approximate surface area is 158 Å². The molecule has 3 rings (SSSR count). The van der Waals surface area contributed by atoms with Crippen LogP contribution in [0.2, 0.25) is 0 Å². The highest BCUT2D eigenvalue weighted by Crippen LogP contribution is 2.31. The predicted molar refractivity (Wildman–Crippen MR) is 105 cm³/mol. The predicted octanol–water partition coefficient (Wildman–Crippen LogP) is 4.86. The molecule has 0 aliphatic carbocycles. The quantitative estimate of drug-likeness (QED) is 0.483. The molecule has 0 fully saturated rings. The molecule has 0 saturated carbocycles. The Morgan fingerprint density at radius 2 is 1.78 bits per heavy atom. The summed E-state index contributed by atoms with van der Waals surface area (Å²) in [4.78, 5) is 11.5. The summed E-state index contributed by atoms with van der Waals surface area (Å²) in [5.41, 5.74) is 8.18. The van der Waals surface area contributed by atoms with Crippen LogP contribution in [0, 0.1) is 6.92 Å². The maximum absolute atomic E-state index is 11.5. The van der Waals surface area contributed by atoms with Crippen molar-refractivity contribution in [3.63, 3.8) is 0 Å². The minimum absolute atomic E-state index is 0.0362. The molecule has 0 aliphatic heterocycles. The highest BCUT2D eigenvalue weighted by atomic mass is 16.5. The van der Waals surface area contributed by atoms with Gasteiger partial charge >= 0.3 is 0 Å². The second kappa shape index (κ2) is 7.83. The molecule has 3 aromatic carbocycles. The van der Waals surface area contributed by atoms with E-state index in [4.69, 9.17) is 15.2 Å². The van der Waals surface area contributed by atoms with Crippen molar-refractivity contribution in [2.45, 2.75) is 20.5 Å². The maximum atomic E-state index is 11.5. The summed E-state index contributed by atoms with van der Waals surface area (Å²) in [6.45, 7) is 3.47. The topological polar surface area (TPSA) is 81.8 Å². The number of nitrogens with two attached hydrogens (primary N) is 1. The molecule has 0 unspecified atom stereocenters. The van der Waals surface area contributed by atoms with Crippen molar-refractivity contribution >= 4 is 11.5 Å². The number of hydrogen-bond acceptors (Lipinski definition) is 5. The molecular formula is C22H21NO4. The molecule has 0 heterocycles. The van der Waals surface area contributed by atoms with Gasteiger partial charge in [0.1, 0.15) is 29.6 Å². The Bertz CT molecular complexity index is 965. The van der Waals surface area contributed by atoms with Gasteiger partial charge in [0.25, 0.3) is 0 Å². The van der Waals surface area contributed by atoms with Crippen molar-refractivity contribution in [2.75, 3.05) is 5.73 Å². The van der Waals surface area contributed by atoms with Gasteiger partial charge in [0.2, 0.25) is 0 Å². The lowest BCUT2D eigenvalue weighted by atomic mass is 10.1. The first kappa shape index (κ1) is 18.3. The van der Waals surface area contributed by atoms with Crippen molar-refractivity contribution < 1.29 is 19.4 Å². The summed E-state index contributed by atoms with van der Waals surface area (Å²) in [6, 6.07) is 18.0. The third-order valence-corrected chi connectivity index (χ3v) is 4.17. The van der Waals surface area contributed by atoms with E-state index in [1.54, 1.807) is 31.2 Å². The lowest BCUT2D eigenvalue weighted by Crippen LogP contribution is -2.00. The van der Waals surface area contributed by atoms with Gasteiger partial charge in [-0.3, -0.25) is 4.79 Å². The second-order valence-electron chi connectivity index (χ2n) is 6.25. The van der Waals surface area contributed by atoms with Gasteiger partial charge in [0, 0.05) is 17.3 Å². The standard InChI is InChI=1S/C22H21NO4/c1-14-21(11-10-20(15(2)24)22(14)25)26-13-16-6-8-18(9-7-16)27-19-5-3-4-17(23)12-19/h3-12,25H,13,23H2,1-2H3. The highest BCUT2D eigenvalue weighted by molar-refractivity contribution is 5.97. The molecule has 0 radical (unpaired) electrons. The van der Waals surface area contributed by atoms with E-state index < -0.39 is 0 Å². The number of rotatable bonds is 6. The third-order valence-electron chi connectivity index (χ3n) is 4.17. The van der Waals surface area contributed by atoms with E-state index in [-0.39, 0.29) is 11.5 Å². The number of aromatic hydroxyl groups is 1. The number of Topliss-reactive ketones (excluding diaryl/α,β-unsaturated/α-hetero) is 1. The average Bonchev–Trinajstić information content (AvgIpc) is 2.64. The molecule has 0 saturated heterocycles. The number of carbonyl (C=O) groups is 1. The molecule has 3 N–H and O–H groups in total. The van der Waals surface area contributed by atoms with Gasteiger partial charge in [0.15, 0.2) is 5.78 Å². The zero-order valence-electron chi connectivity index (χ0n) is 15.2. The van der Waals surface area contributed by atoms with E-state index in [9.17, 15) is 9.90 Å². The van der Waals surface area contributed by atoms with Gasteiger partial charge in [-0.15, -0.1) is 0 Å². The summed E-state index contributed by atoms with van der Waals surface area (Å²) in [5, 5.41) is 10.1. The minimum atomic E-state index is -0.182. The van der Waals surface area contributed by atoms with Gasteiger partial charge in [0.05, 0.1) is 5.56 Å². The van der Waals surface area contributed by atoms with Crippen molar-refractivity contribution in [3.05, 3.63) is 77.4 Å². The average molecular weight is 363 g/mol. The van der Waals surface area contributed by atoms with Gasteiger partial charge in [-0.1, -0.05) is 18.2 Å². The Kier molecular flexibility index (Phi) is 5.31. The molecule has 3 aromatic rings. The van der Waals surface area contributed by atoms with Crippen LogP contribution in [0.4, 0.5) is 5.69 Å². The summed E-state index contributed by atoms with van der Waals surface area (Å²) in [7, 11) is 0. The number of benzene rings is 3. The van der Waals surface area contributed by atoms with E-state index in [2.05, 4.69) is 0 Å². The molecule has 0 amide bonds. The highest BCUT2D eigenvalue weighted by Gasteiger charge is 2.13. The van der Waals surface area contributed by atoms with Crippen LogP contribution in [0.25, 0.3) is 0 Å². The SMILES string of the molecule is CC(=O)c1ccc(OCc2ccc(Oc3cccc(N)c3)cc2)c(C)c1O. The summed E-state index contributed by atoms with van der Waals surface area (Å²) < 4.78 is 11.5. The number of ether oxygens (including phenoxy) is 2. The zero-order valence-corrected chi connectivity index (χ0v) is 15.2. The number of hydrogen-bond donors (Lipinski definition) is 2. The fourth-order valence-corrected chi connectivity index (χ4v) is 2.65. The Morgan fingerprint density at radius 3 is 2.44 bits per heavy atom. The van der Waals surface area contributed by atoms with Crippen LogP contribution in [0.5, 0.6) is 23.0 Å². The van der Waals surface area contributed by atoms with E-state index in [0.717, 1.165) is 5.56 Å². The molecule has 0 atom stereocenters. The van der Waals surface area contributed by atoms with Gasteiger partial charge < -0.3 is 20.3 Å². The Morgan fingerprint density at radius 1 is 1.04 bits per heavy atom. The molecule has 138 valence electrons. The summed E-state index contributed by atoms with van der Waals surface area (Å²) in [6.07, 6.45) is 0. The van der Waals surface area contributed by atoms with Gasteiger partial charge in [-0.25, -0.2) is 0 Å². The van der Waals surface area contributed by atoms with Gasteiger partial charge in [-0.05, 0) is 55.8 Å². The van der Waals surface area contributed by atoms with E-state index >= 15 is 0 Å². The number of ketones is 1. The summed E-state index contributed by atoms with van der Waals surface area (Å²) in [5.74, 6) is 1.70. The van der Waals surface area contributed by atoms with Crippen molar-refractivity contribution in [1.29, 1.82) is 0 Å². The maximum Gasteiger partial charge on any atom is 0.163 e. The van der Waals surface area contributed by atoms with E-state index in [1.807, 2.05) is 36.4 Å². The normalized spacial score (nSPS) is 10.4. The smallest absolute Gasteiger partial charge is 0.163 e. The molecule has 0 bridgehead atoms. The number of nitrogen functional groups attached to an aromatic ring is 1. The number of carbonyl (C=O) groups excluding carboxylic acids is 1. The number of anilines is 1. The number of phenolic OH excluding ortho intramolecular Hbond substituents is 1. The molecule has 0 spiro atoms. The van der Waals surface area contributed by atoms with Crippen LogP contribution in [0.15, 0.2) is 60.7 Å². The third kappa shape index (κ3) is 4.39. The van der Waals surface area contributed by atoms with E-state index in [1.165, 1.54) is 6.92 Å². The van der Waals surface area contributed by atoms with Crippen molar-refractivity contribution in [3.8, 4) is 23.0 Å². The van der Waals surface area contributed by atoms with Crippen LogP contribution in [0.3, 0.4) is 0 Å². The van der Waals surface area contributed by atoms with Gasteiger partial charge in [-0.2, -0.15) is 0 Å². The first-order chi connectivity index (χ1) is 12.9. The largest absolute Gasteiger partial charge is 0.507 e. The molecule has 5 nitrogen and oxygen atoms in total. The van der Waals surface area contributed by atoms with Crippen LogP contribution in [0.1, 0.15) is 28.4 Å². The molecular weight excluding hydrogens is 342 g/mol. The Hall–Kier alpha value is -3.47. The lowest BCUT2D eigenvalue weighted by Gasteiger charge is -2.12. The first-order valence-electron chi connectivity index (χ1n) is 8.52. The monoisotopic (exact) mass is 363 g/mol. The fraction of sp³-hybridized carbons (Fsp3) is 0.136. The Balaban J connectivity index is 1.65. The lowest BCUT2D eigenvalue weighted by molar-refractivity contribution is 0.101. The minimum Gasteiger partial charge on any atom is -0.507 e. The molecule has 0 aliphatic rings. The zero-order chi connectivity index (χ0) is 19.4. The van der Waals surface area contributed by atoms with Crippen LogP contribution in [-0.2, 0) is 6.61 Å². The second-order valence-corrected chi connectivity index (χ2v) is 6.25. The van der Waals surface area contributed by atoms with Crippen molar-refractivity contribution in [1.82, 2.24) is 0 Å². The van der Waals surface area contributed by atoms with Crippen LogP contribution in [-0.4, -0.2) is 10.9 Å². The first-order valence-corrected chi connectivity index (χ1v) is 8.52. The van der Waals surface area contributed by atoms with E-state index in [0.29, 0.717) is 40.7 Å². The molecule has 0 aromatic heterocycles. The van der Waals surface area contributed by atoms with Crippen molar-refractivity contribution in [2.24, 2.45) is 0 Å². The molecule has 27 heavy (non-hydrogen) atoms. The summed E-state index contributed by atoms with van der Waals surface area (Å²) >= 11 is 0. The molecule has 5 heteroatoms.